The predicted molar refractivity (Wildman–Crippen MR) is 80.8 cm³/mol. The van der Waals surface area contributed by atoms with Crippen LogP contribution in [0.25, 0.3) is 0 Å². The fourth-order valence-electron chi connectivity index (χ4n) is 1.81. The van der Waals surface area contributed by atoms with E-state index >= 15 is 0 Å². The Kier molecular flexibility index (Phi) is 5.69. The number of rotatable bonds is 5. The van der Waals surface area contributed by atoms with E-state index in [1.807, 2.05) is 0 Å². The Balaban J connectivity index is 2.99. The lowest BCUT2D eigenvalue weighted by molar-refractivity contribution is -0.384. The summed E-state index contributed by atoms with van der Waals surface area (Å²) in [6.45, 7) is 5.33. The zero-order valence-corrected chi connectivity index (χ0v) is 13.1. The second-order valence-corrected chi connectivity index (χ2v) is 5.62. The lowest BCUT2D eigenvalue weighted by Gasteiger charge is -2.24. The molecule has 0 aliphatic rings. The normalized spacial score (nSPS) is 12.4. The van der Waals surface area contributed by atoms with Gasteiger partial charge in [0.05, 0.1) is 24.1 Å². The van der Waals surface area contributed by atoms with Crippen LogP contribution in [0.4, 0.5) is 10.5 Å². The van der Waals surface area contributed by atoms with Gasteiger partial charge in [-0.2, -0.15) is 0 Å². The summed E-state index contributed by atoms with van der Waals surface area (Å²) < 4.78 is 10.3. The number of nitrogens with one attached hydrogen (secondary N) is 1. The highest BCUT2D eigenvalue weighted by Crippen LogP contribution is 2.29. The van der Waals surface area contributed by atoms with Gasteiger partial charge in [0, 0.05) is 18.2 Å². The smallest absolute Gasteiger partial charge is 0.408 e. The first-order valence-electron chi connectivity index (χ1n) is 6.70. The van der Waals surface area contributed by atoms with Crippen LogP contribution in [0.1, 0.15) is 32.4 Å². The third-order valence-electron chi connectivity index (χ3n) is 2.73. The minimum atomic E-state index is -0.636. The number of carbonyl (C=O) groups excluding carboxylic acids is 1. The maximum atomic E-state index is 11.8. The van der Waals surface area contributed by atoms with Crippen LogP contribution >= 0.6 is 0 Å². The molecule has 122 valence electrons. The molecule has 1 atom stereocenters. The molecule has 1 amide bonds. The number of ether oxygens (including phenoxy) is 2. The van der Waals surface area contributed by atoms with Gasteiger partial charge in [-0.1, -0.05) is 0 Å². The van der Waals surface area contributed by atoms with Crippen molar-refractivity contribution in [1.29, 1.82) is 0 Å². The summed E-state index contributed by atoms with van der Waals surface area (Å²) in [5.74, 6) is 0.278. The van der Waals surface area contributed by atoms with Crippen molar-refractivity contribution in [3.05, 3.63) is 33.9 Å². The van der Waals surface area contributed by atoms with Crippen LogP contribution < -0.4 is 15.8 Å². The van der Waals surface area contributed by atoms with Crippen molar-refractivity contribution >= 4 is 11.8 Å². The SMILES string of the molecule is COc1cc([N+](=O)[O-])ccc1C(CN)NC(=O)OC(C)(C)C. The Morgan fingerprint density at radius 2 is 2.09 bits per heavy atom. The zero-order valence-electron chi connectivity index (χ0n) is 13.1. The number of benzene rings is 1. The summed E-state index contributed by atoms with van der Waals surface area (Å²) in [4.78, 5) is 22.1. The number of carbonyl (C=O) groups is 1. The first kappa shape index (κ1) is 17.7. The average Bonchev–Trinajstić information content (AvgIpc) is 2.42. The predicted octanol–water partition coefficient (Wildman–Crippen LogP) is 2.13. The highest BCUT2D eigenvalue weighted by atomic mass is 16.6. The van der Waals surface area contributed by atoms with Gasteiger partial charge >= 0.3 is 6.09 Å². The van der Waals surface area contributed by atoms with Crippen LogP contribution in [0, 0.1) is 10.1 Å². The largest absolute Gasteiger partial charge is 0.496 e. The summed E-state index contributed by atoms with van der Waals surface area (Å²) >= 11 is 0. The quantitative estimate of drug-likeness (QED) is 0.635. The van der Waals surface area contributed by atoms with Crippen LogP contribution in [0.15, 0.2) is 18.2 Å². The second kappa shape index (κ2) is 7.08. The molecule has 0 radical (unpaired) electrons. The molecule has 0 fully saturated rings. The van der Waals surface area contributed by atoms with Crippen LogP contribution in [-0.4, -0.2) is 30.3 Å². The van der Waals surface area contributed by atoms with E-state index in [9.17, 15) is 14.9 Å². The summed E-state index contributed by atoms with van der Waals surface area (Å²) in [6.07, 6.45) is -0.622. The number of amides is 1. The van der Waals surface area contributed by atoms with Crippen molar-refractivity contribution < 1.29 is 19.2 Å². The molecular weight excluding hydrogens is 290 g/mol. The van der Waals surface area contributed by atoms with E-state index in [0.29, 0.717) is 5.56 Å². The minimum absolute atomic E-state index is 0.0907. The Morgan fingerprint density at radius 3 is 2.55 bits per heavy atom. The van der Waals surface area contributed by atoms with Gasteiger partial charge in [-0.3, -0.25) is 10.1 Å². The number of non-ortho nitro benzene ring substituents is 1. The van der Waals surface area contributed by atoms with E-state index in [2.05, 4.69) is 5.32 Å². The van der Waals surface area contributed by atoms with E-state index in [4.69, 9.17) is 15.2 Å². The van der Waals surface area contributed by atoms with E-state index in [1.165, 1.54) is 25.3 Å². The molecule has 0 saturated heterocycles. The molecule has 1 aromatic rings. The van der Waals surface area contributed by atoms with Crippen LogP contribution in [-0.2, 0) is 4.74 Å². The zero-order chi connectivity index (χ0) is 16.9. The number of nitro benzene ring substituents is 1. The number of hydrogen-bond donors (Lipinski definition) is 2. The Labute approximate surface area is 128 Å². The fourth-order valence-corrected chi connectivity index (χ4v) is 1.81. The van der Waals surface area contributed by atoms with Crippen molar-refractivity contribution in [2.75, 3.05) is 13.7 Å². The third-order valence-corrected chi connectivity index (χ3v) is 2.73. The lowest BCUT2D eigenvalue weighted by atomic mass is 10.1. The molecule has 0 aliphatic carbocycles. The molecule has 8 nitrogen and oxygen atoms in total. The molecule has 8 heteroatoms. The van der Waals surface area contributed by atoms with Gasteiger partial charge in [0.15, 0.2) is 0 Å². The molecular formula is C14H21N3O5. The van der Waals surface area contributed by atoms with Gasteiger partial charge in [-0.25, -0.2) is 4.79 Å². The molecule has 0 bridgehead atoms. The fraction of sp³-hybridized carbons (Fsp3) is 0.500. The Bertz CT molecular complexity index is 554. The lowest BCUT2D eigenvalue weighted by Crippen LogP contribution is -2.37. The van der Waals surface area contributed by atoms with Crippen molar-refractivity contribution in [2.24, 2.45) is 5.73 Å². The number of alkyl carbamates (subject to hydrolysis) is 1. The second-order valence-electron chi connectivity index (χ2n) is 5.62. The van der Waals surface area contributed by atoms with Gasteiger partial charge in [-0.15, -0.1) is 0 Å². The maximum absolute atomic E-state index is 11.8. The van der Waals surface area contributed by atoms with Crippen molar-refractivity contribution in [3.8, 4) is 5.75 Å². The van der Waals surface area contributed by atoms with Gasteiger partial charge in [-0.05, 0) is 26.8 Å². The van der Waals surface area contributed by atoms with Crippen LogP contribution in [0.3, 0.4) is 0 Å². The topological polar surface area (TPSA) is 117 Å². The van der Waals surface area contributed by atoms with E-state index in [0.717, 1.165) is 0 Å². The van der Waals surface area contributed by atoms with E-state index in [1.54, 1.807) is 20.8 Å². The number of nitro groups is 1. The summed E-state index contributed by atoms with van der Waals surface area (Å²) in [7, 11) is 1.39. The molecule has 1 unspecified atom stereocenters. The van der Waals surface area contributed by atoms with Crippen LogP contribution in [0.2, 0.25) is 0 Å². The highest BCUT2D eigenvalue weighted by molar-refractivity contribution is 5.68. The van der Waals surface area contributed by atoms with Crippen molar-refractivity contribution in [1.82, 2.24) is 5.32 Å². The monoisotopic (exact) mass is 311 g/mol. The van der Waals surface area contributed by atoms with E-state index in [-0.39, 0.29) is 18.0 Å². The number of nitrogens with two attached hydrogens (primary N) is 1. The standard InChI is InChI=1S/C14H21N3O5/c1-14(2,3)22-13(18)16-11(8-15)10-6-5-9(17(19)20)7-12(10)21-4/h5-7,11H,8,15H2,1-4H3,(H,16,18). The number of hydrogen-bond acceptors (Lipinski definition) is 6. The molecule has 3 N–H and O–H groups in total. The summed E-state index contributed by atoms with van der Waals surface area (Å²) in [5.41, 5.74) is 5.48. The molecule has 0 aliphatic heterocycles. The average molecular weight is 311 g/mol. The molecule has 0 aromatic heterocycles. The number of methoxy groups -OCH3 is 1. The molecule has 1 rings (SSSR count). The molecule has 22 heavy (non-hydrogen) atoms. The van der Waals surface area contributed by atoms with Gasteiger partial charge in [0.25, 0.3) is 5.69 Å². The number of nitrogens with zero attached hydrogens (tertiary/aromatic N) is 1. The molecule has 1 aromatic carbocycles. The van der Waals surface area contributed by atoms with E-state index < -0.39 is 22.7 Å². The Hall–Kier alpha value is -2.35. The minimum Gasteiger partial charge on any atom is -0.496 e. The summed E-state index contributed by atoms with van der Waals surface area (Å²) in [5, 5.41) is 13.4. The van der Waals surface area contributed by atoms with Gasteiger partial charge in [0.1, 0.15) is 11.4 Å². The first-order chi connectivity index (χ1) is 10.2. The maximum Gasteiger partial charge on any atom is 0.408 e. The molecule has 0 spiro atoms. The van der Waals surface area contributed by atoms with Crippen LogP contribution in [0.5, 0.6) is 5.75 Å². The Morgan fingerprint density at radius 1 is 1.45 bits per heavy atom. The molecule has 0 saturated carbocycles. The van der Waals surface area contributed by atoms with Gasteiger partial charge < -0.3 is 20.5 Å². The van der Waals surface area contributed by atoms with Gasteiger partial charge in [0.2, 0.25) is 0 Å². The highest BCUT2D eigenvalue weighted by Gasteiger charge is 2.23. The summed E-state index contributed by atoms with van der Waals surface area (Å²) in [6, 6.07) is 3.54. The first-order valence-corrected chi connectivity index (χ1v) is 6.70. The third kappa shape index (κ3) is 4.88. The van der Waals surface area contributed by atoms with Crippen molar-refractivity contribution in [3.63, 3.8) is 0 Å². The van der Waals surface area contributed by atoms with Crippen molar-refractivity contribution in [2.45, 2.75) is 32.4 Å². The molecule has 0 heterocycles.